The molecule has 0 saturated carbocycles. The number of amides is 1. The highest BCUT2D eigenvalue weighted by molar-refractivity contribution is 5.98. The van der Waals surface area contributed by atoms with Crippen molar-refractivity contribution in [3.63, 3.8) is 0 Å². The number of carbonyl (C=O) groups excluding carboxylic acids is 1. The van der Waals surface area contributed by atoms with Crippen LogP contribution in [0.1, 0.15) is 36.1 Å². The van der Waals surface area contributed by atoms with Crippen molar-refractivity contribution in [1.82, 2.24) is 20.0 Å². The van der Waals surface area contributed by atoms with Crippen LogP contribution in [0, 0.1) is 0 Å². The SMILES string of the molecule is CCCCc1nc(N2CCN(C(=O)c3ccco3)CC2)c2c(-c3ccccc3)noc2n1. The summed E-state index contributed by atoms with van der Waals surface area (Å²) in [5, 5.41) is 5.16. The van der Waals surface area contributed by atoms with Crippen molar-refractivity contribution in [2.45, 2.75) is 26.2 Å². The standard InChI is InChI=1S/C24H25N5O3/c1-2-3-11-19-25-22(20-21(27-32-23(20)26-19)17-8-5-4-6-9-17)28-12-14-29(15-13-28)24(30)18-10-7-16-31-18/h4-10,16H,2-3,11-15H2,1H3. The van der Waals surface area contributed by atoms with E-state index in [9.17, 15) is 4.79 Å². The first-order valence-electron chi connectivity index (χ1n) is 11.0. The van der Waals surface area contributed by atoms with E-state index in [0.29, 0.717) is 37.7 Å². The number of benzene rings is 1. The normalized spacial score (nSPS) is 14.3. The molecule has 5 rings (SSSR count). The van der Waals surface area contributed by atoms with Crippen LogP contribution in [-0.2, 0) is 6.42 Å². The number of unbranched alkanes of at least 4 members (excludes halogenated alkanes) is 1. The van der Waals surface area contributed by atoms with E-state index in [4.69, 9.17) is 13.9 Å². The first-order chi connectivity index (χ1) is 15.7. The molecule has 1 aliphatic rings. The fourth-order valence-electron chi connectivity index (χ4n) is 4.03. The van der Waals surface area contributed by atoms with E-state index in [1.807, 2.05) is 35.2 Å². The fraction of sp³-hybridized carbons (Fsp3) is 0.333. The summed E-state index contributed by atoms with van der Waals surface area (Å²) < 4.78 is 10.9. The van der Waals surface area contributed by atoms with Gasteiger partial charge in [0.05, 0.1) is 6.26 Å². The molecule has 1 fully saturated rings. The maximum atomic E-state index is 12.6. The molecule has 164 valence electrons. The summed E-state index contributed by atoms with van der Waals surface area (Å²) >= 11 is 0. The third-order valence-electron chi connectivity index (χ3n) is 5.76. The highest BCUT2D eigenvalue weighted by Gasteiger charge is 2.28. The Morgan fingerprint density at radius 3 is 2.56 bits per heavy atom. The van der Waals surface area contributed by atoms with Crippen molar-refractivity contribution in [3.05, 3.63) is 60.3 Å². The number of fused-ring (bicyclic) bond motifs is 1. The predicted octanol–water partition coefficient (Wildman–Crippen LogP) is 4.18. The van der Waals surface area contributed by atoms with Crippen LogP contribution in [0.2, 0.25) is 0 Å². The third kappa shape index (κ3) is 3.84. The lowest BCUT2D eigenvalue weighted by Crippen LogP contribution is -2.49. The lowest BCUT2D eigenvalue weighted by Gasteiger charge is -2.35. The minimum Gasteiger partial charge on any atom is -0.459 e. The molecule has 4 heterocycles. The van der Waals surface area contributed by atoms with Crippen molar-refractivity contribution < 1.29 is 13.7 Å². The number of piperazine rings is 1. The second-order valence-electron chi connectivity index (χ2n) is 7.90. The van der Waals surface area contributed by atoms with Crippen LogP contribution in [0.4, 0.5) is 5.82 Å². The van der Waals surface area contributed by atoms with Crippen LogP contribution in [-0.4, -0.2) is 52.1 Å². The van der Waals surface area contributed by atoms with E-state index in [-0.39, 0.29) is 5.91 Å². The molecule has 1 aliphatic heterocycles. The van der Waals surface area contributed by atoms with Gasteiger partial charge in [-0.3, -0.25) is 4.79 Å². The first kappa shape index (κ1) is 20.2. The van der Waals surface area contributed by atoms with Crippen molar-refractivity contribution in [3.8, 4) is 11.3 Å². The van der Waals surface area contributed by atoms with Crippen LogP contribution < -0.4 is 4.90 Å². The molecule has 32 heavy (non-hydrogen) atoms. The third-order valence-corrected chi connectivity index (χ3v) is 5.76. The summed E-state index contributed by atoms with van der Waals surface area (Å²) in [5.74, 6) is 1.88. The lowest BCUT2D eigenvalue weighted by molar-refractivity contribution is 0.0714. The van der Waals surface area contributed by atoms with Gasteiger partial charge < -0.3 is 18.7 Å². The largest absolute Gasteiger partial charge is 0.459 e. The molecule has 1 saturated heterocycles. The summed E-state index contributed by atoms with van der Waals surface area (Å²) in [6, 6.07) is 13.4. The van der Waals surface area contributed by atoms with E-state index >= 15 is 0 Å². The smallest absolute Gasteiger partial charge is 0.289 e. The zero-order valence-corrected chi connectivity index (χ0v) is 18.0. The van der Waals surface area contributed by atoms with Crippen molar-refractivity contribution in [1.29, 1.82) is 0 Å². The zero-order chi connectivity index (χ0) is 21.9. The number of carbonyl (C=O) groups is 1. The Labute approximate surface area is 185 Å². The van der Waals surface area contributed by atoms with Crippen LogP contribution >= 0.6 is 0 Å². The van der Waals surface area contributed by atoms with Crippen LogP contribution in [0.15, 0.2) is 57.7 Å². The predicted molar refractivity (Wildman–Crippen MR) is 120 cm³/mol. The molecule has 0 atom stereocenters. The Bertz CT molecular complexity index is 1200. The van der Waals surface area contributed by atoms with Crippen LogP contribution in [0.3, 0.4) is 0 Å². The van der Waals surface area contributed by atoms with E-state index in [1.54, 1.807) is 12.1 Å². The zero-order valence-electron chi connectivity index (χ0n) is 18.0. The Morgan fingerprint density at radius 2 is 1.84 bits per heavy atom. The summed E-state index contributed by atoms with van der Waals surface area (Å²) in [7, 11) is 0. The van der Waals surface area contributed by atoms with Gasteiger partial charge in [-0.25, -0.2) is 4.98 Å². The Morgan fingerprint density at radius 1 is 1.03 bits per heavy atom. The number of nitrogens with zero attached hydrogens (tertiary/aromatic N) is 5. The van der Waals surface area contributed by atoms with Crippen LogP contribution in [0.25, 0.3) is 22.4 Å². The molecule has 0 spiro atoms. The molecule has 0 radical (unpaired) electrons. The first-order valence-corrected chi connectivity index (χ1v) is 11.0. The quantitative estimate of drug-likeness (QED) is 0.452. The van der Waals surface area contributed by atoms with Gasteiger partial charge in [0.15, 0.2) is 5.76 Å². The van der Waals surface area contributed by atoms with Crippen LogP contribution in [0.5, 0.6) is 0 Å². The average Bonchev–Trinajstić information content (AvgIpc) is 3.53. The number of rotatable bonds is 6. The van der Waals surface area contributed by atoms with Gasteiger partial charge in [-0.05, 0) is 18.6 Å². The molecule has 0 bridgehead atoms. The molecule has 4 aromatic rings. The van der Waals surface area contributed by atoms with Crippen molar-refractivity contribution in [2.75, 3.05) is 31.1 Å². The molecular weight excluding hydrogens is 406 g/mol. The maximum Gasteiger partial charge on any atom is 0.289 e. The Kier molecular flexibility index (Phi) is 5.58. The molecule has 0 aliphatic carbocycles. The number of aryl methyl sites for hydroxylation is 1. The van der Waals surface area contributed by atoms with Gasteiger partial charge in [0.1, 0.15) is 22.7 Å². The monoisotopic (exact) mass is 431 g/mol. The number of aromatic nitrogens is 3. The van der Waals surface area contributed by atoms with Gasteiger partial charge in [0.25, 0.3) is 11.6 Å². The summed E-state index contributed by atoms with van der Waals surface area (Å²) in [6.45, 7) is 4.63. The number of furan rings is 1. The number of hydrogen-bond acceptors (Lipinski definition) is 7. The van der Waals surface area contributed by atoms with E-state index in [1.165, 1.54) is 6.26 Å². The molecule has 0 unspecified atom stereocenters. The minimum atomic E-state index is -0.0823. The highest BCUT2D eigenvalue weighted by Crippen LogP contribution is 2.34. The molecule has 3 aromatic heterocycles. The summed E-state index contributed by atoms with van der Waals surface area (Å²) in [4.78, 5) is 26.3. The van der Waals surface area contributed by atoms with E-state index in [2.05, 4.69) is 22.0 Å². The number of anilines is 1. The second-order valence-corrected chi connectivity index (χ2v) is 7.90. The number of hydrogen-bond donors (Lipinski definition) is 0. The molecule has 1 amide bonds. The topological polar surface area (TPSA) is 88.5 Å². The Hall–Kier alpha value is -3.68. The lowest BCUT2D eigenvalue weighted by atomic mass is 10.1. The Balaban J connectivity index is 1.48. The minimum absolute atomic E-state index is 0.0823. The highest BCUT2D eigenvalue weighted by atomic mass is 16.5. The molecule has 8 heteroatoms. The van der Waals surface area contributed by atoms with Crippen molar-refractivity contribution >= 4 is 22.8 Å². The molecular formula is C24H25N5O3. The van der Waals surface area contributed by atoms with Gasteiger partial charge in [0, 0.05) is 38.2 Å². The van der Waals surface area contributed by atoms with Gasteiger partial charge in [-0.15, -0.1) is 0 Å². The fourth-order valence-corrected chi connectivity index (χ4v) is 4.03. The van der Waals surface area contributed by atoms with E-state index < -0.39 is 0 Å². The van der Waals surface area contributed by atoms with Crippen molar-refractivity contribution in [2.24, 2.45) is 0 Å². The second kappa shape index (κ2) is 8.82. The van der Waals surface area contributed by atoms with Gasteiger partial charge in [0.2, 0.25) is 0 Å². The summed E-state index contributed by atoms with van der Waals surface area (Å²) in [5.41, 5.74) is 2.21. The van der Waals surface area contributed by atoms with E-state index in [0.717, 1.165) is 47.5 Å². The molecule has 8 nitrogen and oxygen atoms in total. The average molecular weight is 431 g/mol. The van der Waals surface area contributed by atoms with Gasteiger partial charge in [-0.1, -0.05) is 48.8 Å². The maximum absolute atomic E-state index is 12.6. The molecule has 1 aromatic carbocycles. The van der Waals surface area contributed by atoms with Gasteiger partial charge >= 0.3 is 0 Å². The molecule has 0 N–H and O–H groups in total. The summed E-state index contributed by atoms with van der Waals surface area (Å²) in [6.07, 6.45) is 4.39. The van der Waals surface area contributed by atoms with Gasteiger partial charge in [-0.2, -0.15) is 4.98 Å².